The molecule has 0 radical (unpaired) electrons. The Morgan fingerprint density at radius 1 is 1.21 bits per heavy atom. The Labute approximate surface area is 200 Å². The summed E-state index contributed by atoms with van der Waals surface area (Å²) in [7, 11) is 3.66. The number of aromatic nitrogens is 6. The van der Waals surface area contributed by atoms with Gasteiger partial charge >= 0.3 is 0 Å². The topological polar surface area (TPSA) is 143 Å². The van der Waals surface area contributed by atoms with Gasteiger partial charge in [0, 0.05) is 48.9 Å². The van der Waals surface area contributed by atoms with Gasteiger partial charge in [-0.05, 0) is 32.3 Å². The summed E-state index contributed by atoms with van der Waals surface area (Å²) >= 11 is 0. The fourth-order valence-corrected chi connectivity index (χ4v) is 4.06. The van der Waals surface area contributed by atoms with Crippen molar-refractivity contribution in [2.24, 2.45) is 13.0 Å². The number of rotatable bonds is 5. The van der Waals surface area contributed by atoms with Crippen LogP contribution in [-0.4, -0.2) is 56.0 Å². The zero-order chi connectivity index (χ0) is 26.6. The Hall–Kier alpha value is -4.09. The maximum Gasteiger partial charge on any atom is 0.273 e. The number of fused-ring (bicyclic) bond motifs is 3. The van der Waals surface area contributed by atoms with Gasteiger partial charge in [-0.1, -0.05) is 0 Å². The summed E-state index contributed by atoms with van der Waals surface area (Å²) in [5.74, 6) is -0.687. The van der Waals surface area contributed by atoms with Crippen molar-refractivity contribution in [3.05, 3.63) is 29.2 Å². The summed E-state index contributed by atoms with van der Waals surface area (Å²) in [6.07, 6.45) is 3.28. The fourth-order valence-electron chi connectivity index (χ4n) is 4.06. The highest BCUT2D eigenvalue weighted by Gasteiger charge is 2.34. The standard InChI is InChI=1S/C22H26N10O2/c1-10-9-24-20(19-15(10)18-16(11(2)31(19)4)29-32(5)30-18)25-13-8-14(26-21(33)12-6-7-12)27-28-17(13)22(34)23-3/h8-9,11-12H,6-7H2,1-5H3,(H,23,34)(H2,24,25,26,27,33)/t11-/m1/s1/i3D3. The van der Waals surface area contributed by atoms with Crippen molar-refractivity contribution >= 4 is 34.8 Å². The highest BCUT2D eigenvalue weighted by atomic mass is 16.2. The molecule has 2 aliphatic rings. The number of amides is 2. The molecule has 0 spiro atoms. The quantitative estimate of drug-likeness (QED) is 0.515. The van der Waals surface area contributed by atoms with E-state index in [1.165, 1.54) is 10.9 Å². The van der Waals surface area contributed by atoms with E-state index in [-0.39, 0.29) is 35.1 Å². The highest BCUT2D eigenvalue weighted by Crippen LogP contribution is 2.47. The van der Waals surface area contributed by atoms with Crippen molar-refractivity contribution in [1.29, 1.82) is 0 Å². The van der Waals surface area contributed by atoms with E-state index in [1.54, 1.807) is 13.2 Å². The number of carbonyl (C=O) groups excluding carboxylic acids is 2. The number of nitrogens with zero attached hydrogens (tertiary/aromatic N) is 7. The fraction of sp³-hybridized carbons (Fsp3) is 0.409. The molecule has 2 amide bonds. The third kappa shape index (κ3) is 3.60. The first-order chi connectivity index (χ1) is 17.4. The van der Waals surface area contributed by atoms with Crippen LogP contribution in [0.4, 0.5) is 23.0 Å². The Kier molecular flexibility index (Phi) is 4.34. The van der Waals surface area contributed by atoms with Crippen LogP contribution in [0, 0.1) is 12.8 Å². The van der Waals surface area contributed by atoms with Crippen LogP contribution in [0.2, 0.25) is 0 Å². The smallest absolute Gasteiger partial charge is 0.273 e. The molecule has 0 unspecified atom stereocenters. The SMILES string of the molecule is [2H]C([2H])([2H])NC(=O)c1nnc(NC(=O)C2CC2)cc1Nc1ncc(C)c2c1N(C)[C@H](C)c1nn(C)nc1-2. The maximum atomic E-state index is 12.8. The number of nitrogens with one attached hydrogen (secondary N) is 3. The van der Waals surface area contributed by atoms with E-state index >= 15 is 0 Å². The van der Waals surface area contributed by atoms with Gasteiger partial charge in [0.25, 0.3) is 5.91 Å². The van der Waals surface area contributed by atoms with Crippen LogP contribution >= 0.6 is 0 Å². The Morgan fingerprint density at radius 2 is 2.00 bits per heavy atom. The molecule has 4 heterocycles. The lowest BCUT2D eigenvalue weighted by Crippen LogP contribution is -2.28. The summed E-state index contributed by atoms with van der Waals surface area (Å²) in [6.45, 7) is 1.19. The molecule has 3 N–H and O–H groups in total. The summed E-state index contributed by atoms with van der Waals surface area (Å²) < 4.78 is 22.2. The van der Waals surface area contributed by atoms with Crippen LogP contribution in [0.3, 0.4) is 0 Å². The largest absolute Gasteiger partial charge is 0.363 e. The Morgan fingerprint density at radius 3 is 2.74 bits per heavy atom. The number of hydrogen-bond donors (Lipinski definition) is 3. The number of aryl methyl sites for hydroxylation is 2. The molecule has 12 nitrogen and oxygen atoms in total. The lowest BCUT2D eigenvalue weighted by Gasteiger charge is -2.34. The Bertz CT molecular complexity index is 1420. The van der Waals surface area contributed by atoms with Crippen molar-refractivity contribution in [3.63, 3.8) is 0 Å². The summed E-state index contributed by atoms with van der Waals surface area (Å²) in [5.41, 5.74) is 3.87. The lowest BCUT2D eigenvalue weighted by atomic mass is 9.95. The van der Waals surface area contributed by atoms with Gasteiger partial charge in [-0.25, -0.2) is 4.98 Å². The van der Waals surface area contributed by atoms with Crippen molar-refractivity contribution in [3.8, 4) is 11.3 Å². The molecule has 3 aromatic rings. The van der Waals surface area contributed by atoms with E-state index in [4.69, 9.17) is 4.11 Å². The molecule has 1 saturated carbocycles. The molecule has 0 bridgehead atoms. The van der Waals surface area contributed by atoms with Crippen LogP contribution in [0.5, 0.6) is 0 Å². The first-order valence-corrected chi connectivity index (χ1v) is 10.8. The molecular formula is C22H26N10O2. The Balaban J connectivity index is 1.59. The van der Waals surface area contributed by atoms with Crippen LogP contribution in [0.1, 0.15) is 51.7 Å². The second kappa shape index (κ2) is 8.04. The molecule has 5 rings (SSSR count). The van der Waals surface area contributed by atoms with Crippen molar-refractivity contribution in [1.82, 2.24) is 35.5 Å². The molecule has 176 valence electrons. The first kappa shape index (κ1) is 18.3. The van der Waals surface area contributed by atoms with Gasteiger partial charge in [-0.3, -0.25) is 9.59 Å². The maximum absolute atomic E-state index is 12.8. The minimum Gasteiger partial charge on any atom is -0.363 e. The van der Waals surface area contributed by atoms with E-state index in [2.05, 4.69) is 36.0 Å². The minimum atomic E-state index is -2.73. The number of carbonyl (C=O) groups is 2. The third-order valence-corrected chi connectivity index (χ3v) is 6.12. The lowest BCUT2D eigenvalue weighted by molar-refractivity contribution is -0.117. The summed E-state index contributed by atoms with van der Waals surface area (Å²) in [6, 6.07) is 1.32. The molecule has 12 heteroatoms. The van der Waals surface area contributed by atoms with E-state index < -0.39 is 12.9 Å². The van der Waals surface area contributed by atoms with Gasteiger partial charge in [0.15, 0.2) is 17.3 Å². The van der Waals surface area contributed by atoms with Gasteiger partial charge in [-0.15, -0.1) is 10.2 Å². The normalized spacial score (nSPS) is 18.2. The number of pyridine rings is 1. The van der Waals surface area contributed by atoms with E-state index in [9.17, 15) is 9.59 Å². The van der Waals surface area contributed by atoms with Crippen LogP contribution in [0.15, 0.2) is 12.3 Å². The molecule has 1 aliphatic heterocycles. The molecule has 1 aliphatic carbocycles. The number of anilines is 4. The highest BCUT2D eigenvalue weighted by molar-refractivity contribution is 6.00. The van der Waals surface area contributed by atoms with Gasteiger partial charge in [0.2, 0.25) is 5.91 Å². The minimum absolute atomic E-state index is 0.0705. The van der Waals surface area contributed by atoms with Crippen molar-refractivity contribution < 1.29 is 13.7 Å². The predicted octanol–water partition coefficient (Wildman–Crippen LogP) is 1.94. The van der Waals surface area contributed by atoms with Crippen molar-refractivity contribution in [2.75, 3.05) is 29.6 Å². The van der Waals surface area contributed by atoms with Gasteiger partial charge in [-0.2, -0.15) is 15.0 Å². The van der Waals surface area contributed by atoms with Crippen LogP contribution in [-0.2, 0) is 11.8 Å². The zero-order valence-corrected chi connectivity index (χ0v) is 19.2. The van der Waals surface area contributed by atoms with Gasteiger partial charge in [0.1, 0.15) is 11.4 Å². The average molecular weight is 466 g/mol. The molecule has 0 aromatic carbocycles. The third-order valence-electron chi connectivity index (χ3n) is 6.12. The second-order valence-corrected chi connectivity index (χ2v) is 8.56. The summed E-state index contributed by atoms with van der Waals surface area (Å²) in [5, 5.41) is 24.7. The molecule has 34 heavy (non-hydrogen) atoms. The molecule has 1 fully saturated rings. The molecule has 3 aromatic heterocycles. The van der Waals surface area contributed by atoms with Crippen LogP contribution in [0.25, 0.3) is 11.3 Å². The summed E-state index contributed by atoms with van der Waals surface area (Å²) in [4.78, 5) is 33.2. The van der Waals surface area contributed by atoms with E-state index in [0.717, 1.165) is 41.0 Å². The first-order valence-electron chi connectivity index (χ1n) is 12.3. The number of hydrogen-bond acceptors (Lipinski definition) is 9. The average Bonchev–Trinajstić information content (AvgIpc) is 3.59. The zero-order valence-electron chi connectivity index (χ0n) is 22.2. The van der Waals surface area contributed by atoms with Crippen LogP contribution < -0.4 is 20.9 Å². The van der Waals surface area contributed by atoms with Gasteiger partial charge < -0.3 is 20.9 Å². The molecule has 0 saturated heterocycles. The van der Waals surface area contributed by atoms with Gasteiger partial charge in [0.05, 0.1) is 17.4 Å². The molecule has 1 atom stereocenters. The second-order valence-electron chi connectivity index (χ2n) is 8.56. The predicted molar refractivity (Wildman–Crippen MR) is 126 cm³/mol. The van der Waals surface area contributed by atoms with Crippen molar-refractivity contribution in [2.45, 2.75) is 32.7 Å². The monoisotopic (exact) mass is 465 g/mol. The van der Waals surface area contributed by atoms with E-state index in [1.807, 2.05) is 31.1 Å². The molecular weight excluding hydrogens is 436 g/mol. The van der Waals surface area contributed by atoms with E-state index in [0.29, 0.717) is 5.82 Å².